The van der Waals surface area contributed by atoms with Gasteiger partial charge in [-0.2, -0.15) is 0 Å². The molecule has 64 valence electrons. The fourth-order valence-corrected chi connectivity index (χ4v) is 1.47. The van der Waals surface area contributed by atoms with Gasteiger partial charge in [-0.1, -0.05) is 12.2 Å². The van der Waals surface area contributed by atoms with E-state index >= 15 is 0 Å². The smallest absolute Gasteiger partial charge is 0.132 e. The number of H-pyrrole nitrogens is 1. The molecule has 0 atom stereocenters. The summed E-state index contributed by atoms with van der Waals surface area (Å²) in [5, 5.41) is 0. The highest BCUT2D eigenvalue weighted by atomic mass is 32.1. The standard InChI is InChI=1S/C9H12N2S/c1-5-6(2)10-8(7-3-4-7)11-9(5)12/h7H,3-4H2,1-2H3,(H,10,11,12). The molecule has 1 N–H and O–H groups in total. The van der Waals surface area contributed by atoms with Gasteiger partial charge >= 0.3 is 0 Å². The molecule has 1 heterocycles. The first-order chi connectivity index (χ1) is 5.68. The quantitative estimate of drug-likeness (QED) is 0.673. The highest BCUT2D eigenvalue weighted by Gasteiger charge is 2.26. The molecule has 0 aromatic carbocycles. The van der Waals surface area contributed by atoms with Crippen molar-refractivity contribution in [3.63, 3.8) is 0 Å². The molecule has 1 aromatic rings. The van der Waals surface area contributed by atoms with Crippen LogP contribution in [0.2, 0.25) is 0 Å². The molecule has 0 radical (unpaired) electrons. The third kappa shape index (κ3) is 1.29. The number of hydrogen-bond acceptors (Lipinski definition) is 2. The topological polar surface area (TPSA) is 28.7 Å². The molecule has 0 spiro atoms. The predicted molar refractivity (Wildman–Crippen MR) is 50.9 cm³/mol. The van der Waals surface area contributed by atoms with Crippen molar-refractivity contribution in [3.05, 3.63) is 21.7 Å². The van der Waals surface area contributed by atoms with Crippen molar-refractivity contribution in [3.8, 4) is 0 Å². The second-order valence-electron chi connectivity index (χ2n) is 3.45. The minimum atomic E-state index is 0.658. The van der Waals surface area contributed by atoms with Crippen molar-refractivity contribution in [1.82, 2.24) is 9.97 Å². The van der Waals surface area contributed by atoms with E-state index in [-0.39, 0.29) is 0 Å². The monoisotopic (exact) mass is 180 g/mol. The third-order valence-electron chi connectivity index (χ3n) is 2.38. The van der Waals surface area contributed by atoms with E-state index in [0.717, 1.165) is 21.7 Å². The molecule has 2 nitrogen and oxygen atoms in total. The minimum absolute atomic E-state index is 0.658. The first-order valence-electron chi connectivity index (χ1n) is 4.26. The molecule has 3 heteroatoms. The molecular formula is C9H12N2S. The molecule has 1 saturated carbocycles. The average molecular weight is 180 g/mol. The number of aryl methyl sites for hydroxylation is 1. The van der Waals surface area contributed by atoms with Crippen LogP contribution in [0.15, 0.2) is 0 Å². The second kappa shape index (κ2) is 2.66. The summed E-state index contributed by atoms with van der Waals surface area (Å²) in [5.74, 6) is 1.74. The number of nitrogens with zero attached hydrogens (tertiary/aromatic N) is 1. The maximum Gasteiger partial charge on any atom is 0.132 e. The van der Waals surface area contributed by atoms with Gasteiger partial charge in [0, 0.05) is 17.2 Å². The Balaban J connectivity index is 2.53. The molecule has 0 amide bonds. The van der Waals surface area contributed by atoms with Crippen molar-refractivity contribution < 1.29 is 0 Å². The average Bonchev–Trinajstić information content (AvgIpc) is 2.81. The van der Waals surface area contributed by atoms with E-state index in [0.29, 0.717) is 5.92 Å². The third-order valence-corrected chi connectivity index (χ3v) is 2.78. The Hall–Kier alpha value is -0.700. The van der Waals surface area contributed by atoms with E-state index < -0.39 is 0 Å². The summed E-state index contributed by atoms with van der Waals surface area (Å²) in [6.45, 7) is 4.07. The Labute approximate surface area is 77.0 Å². The number of rotatable bonds is 1. The van der Waals surface area contributed by atoms with E-state index in [1.54, 1.807) is 0 Å². The number of nitrogens with one attached hydrogen (secondary N) is 1. The largest absolute Gasteiger partial charge is 0.347 e. The van der Waals surface area contributed by atoms with Crippen LogP contribution in [0.5, 0.6) is 0 Å². The van der Waals surface area contributed by atoms with Gasteiger partial charge < -0.3 is 4.98 Å². The van der Waals surface area contributed by atoms with Gasteiger partial charge in [0.15, 0.2) is 0 Å². The van der Waals surface area contributed by atoms with Crippen LogP contribution in [0.4, 0.5) is 0 Å². The van der Waals surface area contributed by atoms with Crippen molar-refractivity contribution in [1.29, 1.82) is 0 Å². The van der Waals surface area contributed by atoms with Gasteiger partial charge in [0.1, 0.15) is 10.5 Å². The van der Waals surface area contributed by atoms with E-state index in [2.05, 4.69) is 16.9 Å². The number of hydrogen-bond donors (Lipinski definition) is 1. The zero-order valence-electron chi connectivity index (χ0n) is 7.35. The van der Waals surface area contributed by atoms with Crippen LogP contribution in [0.3, 0.4) is 0 Å². The Morgan fingerprint density at radius 2 is 2.08 bits per heavy atom. The first-order valence-corrected chi connectivity index (χ1v) is 4.66. The highest BCUT2D eigenvalue weighted by molar-refractivity contribution is 7.71. The number of aromatic amines is 1. The fourth-order valence-electron chi connectivity index (χ4n) is 1.22. The van der Waals surface area contributed by atoms with Gasteiger partial charge in [-0.05, 0) is 26.7 Å². The van der Waals surface area contributed by atoms with Crippen LogP contribution in [0.25, 0.3) is 0 Å². The molecule has 1 aromatic heterocycles. The highest BCUT2D eigenvalue weighted by Crippen LogP contribution is 2.38. The molecule has 0 unspecified atom stereocenters. The van der Waals surface area contributed by atoms with Crippen LogP contribution in [-0.4, -0.2) is 9.97 Å². The molecule has 1 fully saturated rings. The zero-order chi connectivity index (χ0) is 8.72. The van der Waals surface area contributed by atoms with E-state index in [9.17, 15) is 0 Å². The lowest BCUT2D eigenvalue weighted by atomic mass is 10.2. The molecule has 2 rings (SSSR count). The van der Waals surface area contributed by atoms with E-state index in [1.807, 2.05) is 6.92 Å². The molecule has 0 saturated heterocycles. The molecular weight excluding hydrogens is 168 g/mol. The van der Waals surface area contributed by atoms with Gasteiger partial charge in [0.2, 0.25) is 0 Å². The van der Waals surface area contributed by atoms with Gasteiger partial charge in [-0.25, -0.2) is 4.98 Å². The normalized spacial score (nSPS) is 16.5. The predicted octanol–water partition coefficient (Wildman–Crippen LogP) is 2.63. The maximum atomic E-state index is 5.14. The molecule has 12 heavy (non-hydrogen) atoms. The van der Waals surface area contributed by atoms with Crippen LogP contribution >= 0.6 is 12.2 Å². The van der Waals surface area contributed by atoms with Crippen LogP contribution in [-0.2, 0) is 0 Å². The molecule has 1 aliphatic rings. The van der Waals surface area contributed by atoms with E-state index in [4.69, 9.17) is 12.2 Å². The first kappa shape index (κ1) is 7.92. The summed E-state index contributed by atoms with van der Waals surface area (Å²) < 4.78 is 0.758. The molecule has 0 bridgehead atoms. The molecule has 1 aliphatic carbocycles. The van der Waals surface area contributed by atoms with Crippen LogP contribution in [0, 0.1) is 18.5 Å². The van der Waals surface area contributed by atoms with E-state index in [1.165, 1.54) is 12.8 Å². The summed E-state index contributed by atoms with van der Waals surface area (Å²) in [4.78, 5) is 7.66. The van der Waals surface area contributed by atoms with Gasteiger partial charge in [-0.15, -0.1) is 0 Å². The summed E-state index contributed by atoms with van der Waals surface area (Å²) in [7, 11) is 0. The number of aromatic nitrogens is 2. The van der Waals surface area contributed by atoms with Gasteiger partial charge in [0.05, 0.1) is 0 Å². The van der Waals surface area contributed by atoms with Crippen molar-refractivity contribution >= 4 is 12.2 Å². The van der Waals surface area contributed by atoms with Crippen molar-refractivity contribution in [2.24, 2.45) is 0 Å². The molecule has 0 aliphatic heterocycles. The maximum absolute atomic E-state index is 5.14. The Bertz CT molecular complexity index is 363. The van der Waals surface area contributed by atoms with Crippen LogP contribution in [0.1, 0.15) is 35.8 Å². The van der Waals surface area contributed by atoms with Crippen LogP contribution < -0.4 is 0 Å². The summed E-state index contributed by atoms with van der Waals surface area (Å²) >= 11 is 5.14. The van der Waals surface area contributed by atoms with Crippen molar-refractivity contribution in [2.45, 2.75) is 32.6 Å². The lowest BCUT2D eigenvalue weighted by Gasteiger charge is -2.03. The zero-order valence-corrected chi connectivity index (χ0v) is 8.16. The SMILES string of the molecule is Cc1[nH]c(C2CC2)nc(=S)c1C. The Morgan fingerprint density at radius 1 is 1.42 bits per heavy atom. The Morgan fingerprint density at radius 3 is 2.58 bits per heavy atom. The van der Waals surface area contributed by atoms with Crippen molar-refractivity contribution in [2.75, 3.05) is 0 Å². The summed E-state index contributed by atoms with van der Waals surface area (Å²) in [5.41, 5.74) is 2.27. The summed E-state index contributed by atoms with van der Waals surface area (Å²) in [6, 6.07) is 0. The van der Waals surface area contributed by atoms with Gasteiger partial charge in [-0.3, -0.25) is 0 Å². The Kier molecular flexibility index (Phi) is 1.76. The fraction of sp³-hybridized carbons (Fsp3) is 0.556. The summed E-state index contributed by atoms with van der Waals surface area (Å²) in [6.07, 6.45) is 2.53. The van der Waals surface area contributed by atoms with Gasteiger partial charge in [0.25, 0.3) is 0 Å². The second-order valence-corrected chi connectivity index (χ2v) is 3.84. The minimum Gasteiger partial charge on any atom is -0.347 e. The lowest BCUT2D eigenvalue weighted by molar-refractivity contribution is 0.886. The lowest BCUT2D eigenvalue weighted by Crippen LogP contribution is -1.98.